The number of hydrogen-bond acceptors (Lipinski definition) is 3. The molecule has 6 heteroatoms. The maximum absolute atomic E-state index is 13.8. The Morgan fingerprint density at radius 1 is 1.25 bits per heavy atom. The SMILES string of the molecule is CC(C)n1ncc2ccc(-c3nc(Cl)ncc3F)cc21. The van der Waals surface area contributed by atoms with Crippen LogP contribution in [0.1, 0.15) is 19.9 Å². The first-order valence-corrected chi connectivity index (χ1v) is 6.60. The molecule has 102 valence electrons. The molecule has 0 saturated heterocycles. The summed E-state index contributed by atoms with van der Waals surface area (Å²) in [5, 5.41) is 5.36. The van der Waals surface area contributed by atoms with Gasteiger partial charge in [0.1, 0.15) is 5.69 Å². The fraction of sp³-hybridized carbons (Fsp3) is 0.214. The minimum atomic E-state index is -0.496. The summed E-state index contributed by atoms with van der Waals surface area (Å²) in [6.07, 6.45) is 2.87. The van der Waals surface area contributed by atoms with Crippen molar-refractivity contribution in [2.75, 3.05) is 0 Å². The lowest BCUT2D eigenvalue weighted by Crippen LogP contribution is -2.02. The fourth-order valence-electron chi connectivity index (χ4n) is 2.14. The van der Waals surface area contributed by atoms with Crippen LogP contribution in [0.15, 0.2) is 30.6 Å². The maximum atomic E-state index is 13.8. The van der Waals surface area contributed by atoms with E-state index in [1.807, 2.05) is 30.7 Å². The predicted octanol–water partition coefficient (Wildman–Crippen LogP) is 3.87. The summed E-state index contributed by atoms with van der Waals surface area (Å²) in [6, 6.07) is 5.79. The molecule has 0 atom stereocenters. The van der Waals surface area contributed by atoms with E-state index in [1.54, 1.807) is 12.3 Å². The van der Waals surface area contributed by atoms with Crippen LogP contribution in [0.4, 0.5) is 4.39 Å². The molecule has 0 spiro atoms. The molecule has 0 amide bonds. The van der Waals surface area contributed by atoms with Crippen LogP contribution in [0.3, 0.4) is 0 Å². The molecule has 2 heterocycles. The Kier molecular flexibility index (Phi) is 3.14. The fourth-order valence-corrected chi connectivity index (χ4v) is 2.28. The standard InChI is InChI=1S/C14H12ClFN4/c1-8(2)20-12-5-9(3-4-10(12)6-18-20)13-11(16)7-17-14(15)19-13/h3-8H,1-2H3. The van der Waals surface area contributed by atoms with Crippen LogP contribution in [0, 0.1) is 5.82 Å². The second-order valence-corrected chi connectivity index (χ2v) is 5.13. The Hall–Kier alpha value is -2.01. The molecule has 0 radical (unpaired) electrons. The molecular weight excluding hydrogens is 279 g/mol. The van der Waals surface area contributed by atoms with E-state index in [1.165, 1.54) is 0 Å². The van der Waals surface area contributed by atoms with Crippen LogP contribution >= 0.6 is 11.6 Å². The van der Waals surface area contributed by atoms with Crippen LogP contribution < -0.4 is 0 Å². The van der Waals surface area contributed by atoms with Crippen LogP contribution in [0.5, 0.6) is 0 Å². The van der Waals surface area contributed by atoms with Gasteiger partial charge < -0.3 is 0 Å². The lowest BCUT2D eigenvalue weighted by molar-refractivity contribution is 0.551. The quantitative estimate of drug-likeness (QED) is 0.673. The van der Waals surface area contributed by atoms with Crippen molar-refractivity contribution in [3.05, 3.63) is 41.7 Å². The highest BCUT2D eigenvalue weighted by atomic mass is 35.5. The lowest BCUT2D eigenvalue weighted by Gasteiger charge is -2.08. The molecule has 3 rings (SSSR count). The number of hydrogen-bond donors (Lipinski definition) is 0. The average molecular weight is 291 g/mol. The molecule has 0 fully saturated rings. The highest BCUT2D eigenvalue weighted by Gasteiger charge is 2.12. The maximum Gasteiger partial charge on any atom is 0.223 e. The number of fused-ring (bicyclic) bond motifs is 1. The van der Waals surface area contributed by atoms with Crippen molar-refractivity contribution in [2.24, 2.45) is 0 Å². The van der Waals surface area contributed by atoms with Crippen molar-refractivity contribution in [1.29, 1.82) is 0 Å². The van der Waals surface area contributed by atoms with Gasteiger partial charge in [0.15, 0.2) is 5.82 Å². The molecule has 3 aromatic rings. The summed E-state index contributed by atoms with van der Waals surface area (Å²) in [5.41, 5.74) is 1.79. The van der Waals surface area contributed by atoms with Gasteiger partial charge in [0.2, 0.25) is 5.28 Å². The molecule has 0 aliphatic rings. The first-order chi connectivity index (χ1) is 9.56. The summed E-state index contributed by atoms with van der Waals surface area (Å²) in [6.45, 7) is 4.09. The monoisotopic (exact) mass is 290 g/mol. The lowest BCUT2D eigenvalue weighted by atomic mass is 10.1. The average Bonchev–Trinajstić information content (AvgIpc) is 2.84. The Bertz CT molecular complexity index is 782. The van der Waals surface area contributed by atoms with Gasteiger partial charge in [-0.25, -0.2) is 14.4 Å². The molecule has 0 saturated carbocycles. The number of halogens is 2. The molecule has 2 aromatic heterocycles. The first-order valence-electron chi connectivity index (χ1n) is 6.22. The predicted molar refractivity (Wildman–Crippen MR) is 76.1 cm³/mol. The molecular formula is C14H12ClFN4. The minimum Gasteiger partial charge on any atom is -0.262 e. The van der Waals surface area contributed by atoms with E-state index < -0.39 is 5.82 Å². The summed E-state index contributed by atoms with van der Waals surface area (Å²) >= 11 is 5.74. The Morgan fingerprint density at radius 2 is 2.05 bits per heavy atom. The van der Waals surface area contributed by atoms with E-state index in [0.29, 0.717) is 5.56 Å². The smallest absolute Gasteiger partial charge is 0.223 e. The van der Waals surface area contributed by atoms with Gasteiger partial charge in [0.25, 0.3) is 0 Å². The van der Waals surface area contributed by atoms with Crippen LogP contribution in [-0.2, 0) is 0 Å². The van der Waals surface area contributed by atoms with Gasteiger partial charge >= 0.3 is 0 Å². The number of rotatable bonds is 2. The van der Waals surface area contributed by atoms with Gasteiger partial charge in [-0.2, -0.15) is 5.10 Å². The molecule has 4 nitrogen and oxygen atoms in total. The van der Waals surface area contributed by atoms with Crippen molar-refractivity contribution >= 4 is 22.5 Å². The third kappa shape index (κ3) is 2.14. The molecule has 20 heavy (non-hydrogen) atoms. The van der Waals surface area contributed by atoms with E-state index in [-0.39, 0.29) is 17.0 Å². The Morgan fingerprint density at radius 3 is 2.80 bits per heavy atom. The molecule has 0 unspecified atom stereocenters. The van der Waals surface area contributed by atoms with Crippen molar-refractivity contribution in [3.8, 4) is 11.3 Å². The normalized spacial score (nSPS) is 11.4. The van der Waals surface area contributed by atoms with Crippen molar-refractivity contribution < 1.29 is 4.39 Å². The van der Waals surface area contributed by atoms with E-state index in [9.17, 15) is 4.39 Å². The van der Waals surface area contributed by atoms with Crippen LogP contribution in [0.2, 0.25) is 5.28 Å². The molecule has 0 bridgehead atoms. The molecule has 0 N–H and O–H groups in total. The number of benzene rings is 1. The van der Waals surface area contributed by atoms with Gasteiger partial charge in [-0.05, 0) is 31.5 Å². The van der Waals surface area contributed by atoms with Gasteiger partial charge in [-0.1, -0.05) is 12.1 Å². The van der Waals surface area contributed by atoms with Gasteiger partial charge in [0.05, 0.1) is 17.9 Å². The Labute approximate surface area is 120 Å². The number of aromatic nitrogens is 4. The van der Waals surface area contributed by atoms with E-state index in [2.05, 4.69) is 15.1 Å². The van der Waals surface area contributed by atoms with Crippen molar-refractivity contribution in [2.45, 2.75) is 19.9 Å². The molecule has 0 aliphatic carbocycles. The zero-order valence-electron chi connectivity index (χ0n) is 11.0. The van der Waals surface area contributed by atoms with E-state index in [4.69, 9.17) is 11.6 Å². The largest absolute Gasteiger partial charge is 0.262 e. The zero-order chi connectivity index (χ0) is 14.3. The van der Waals surface area contributed by atoms with E-state index >= 15 is 0 Å². The highest BCUT2D eigenvalue weighted by molar-refractivity contribution is 6.28. The zero-order valence-corrected chi connectivity index (χ0v) is 11.8. The van der Waals surface area contributed by atoms with Crippen molar-refractivity contribution in [1.82, 2.24) is 19.7 Å². The number of nitrogens with zero attached hydrogens (tertiary/aromatic N) is 4. The second kappa shape index (κ2) is 4.83. The summed E-state index contributed by atoms with van der Waals surface area (Å²) in [4.78, 5) is 7.58. The van der Waals surface area contributed by atoms with E-state index in [0.717, 1.165) is 17.1 Å². The topological polar surface area (TPSA) is 43.6 Å². The minimum absolute atomic E-state index is 0.0267. The Balaban J connectivity index is 2.21. The molecule has 0 aliphatic heterocycles. The van der Waals surface area contributed by atoms with Gasteiger partial charge in [-0.3, -0.25) is 4.68 Å². The van der Waals surface area contributed by atoms with Crippen LogP contribution in [-0.4, -0.2) is 19.7 Å². The third-order valence-corrected chi connectivity index (χ3v) is 3.26. The van der Waals surface area contributed by atoms with Crippen LogP contribution in [0.25, 0.3) is 22.2 Å². The summed E-state index contributed by atoms with van der Waals surface area (Å²) in [5.74, 6) is -0.496. The second-order valence-electron chi connectivity index (χ2n) is 4.79. The van der Waals surface area contributed by atoms with Crippen molar-refractivity contribution in [3.63, 3.8) is 0 Å². The summed E-state index contributed by atoms with van der Waals surface area (Å²) in [7, 11) is 0. The first kappa shape index (κ1) is 13.0. The van der Waals surface area contributed by atoms with Gasteiger partial charge in [0, 0.05) is 17.0 Å². The van der Waals surface area contributed by atoms with Gasteiger partial charge in [-0.15, -0.1) is 0 Å². The highest BCUT2D eigenvalue weighted by Crippen LogP contribution is 2.26. The summed E-state index contributed by atoms with van der Waals surface area (Å²) < 4.78 is 15.7. The third-order valence-electron chi connectivity index (χ3n) is 3.08. The molecule has 1 aromatic carbocycles.